The maximum absolute atomic E-state index is 5.78. The number of imidazole rings is 1. The zero-order valence-electron chi connectivity index (χ0n) is 8.01. The van der Waals surface area contributed by atoms with Gasteiger partial charge in [-0.05, 0) is 19.1 Å². The summed E-state index contributed by atoms with van der Waals surface area (Å²) in [4.78, 5) is 8.14. The van der Waals surface area contributed by atoms with Crippen molar-refractivity contribution in [3.05, 3.63) is 30.9 Å². The zero-order valence-corrected chi connectivity index (χ0v) is 8.01. The highest BCUT2D eigenvalue weighted by Gasteiger charge is 2.06. The average Bonchev–Trinajstić information content (AvgIpc) is 2.66. The molecule has 2 N–H and O–H groups in total. The summed E-state index contributed by atoms with van der Waals surface area (Å²) in [6.45, 7) is 2.95. The normalized spacial score (nSPS) is 10.4. The van der Waals surface area contributed by atoms with Crippen molar-refractivity contribution in [2.45, 2.75) is 13.5 Å². The van der Waals surface area contributed by atoms with E-state index in [4.69, 9.17) is 5.73 Å². The molecule has 0 fully saturated rings. The molecule has 0 aliphatic carbocycles. The van der Waals surface area contributed by atoms with Gasteiger partial charge >= 0.3 is 0 Å². The third-order valence-corrected chi connectivity index (χ3v) is 2.17. The van der Waals surface area contributed by atoms with E-state index in [2.05, 4.69) is 16.9 Å². The van der Waals surface area contributed by atoms with Gasteiger partial charge in [0, 0.05) is 18.3 Å². The SMILES string of the molecule is CCn1cncc1-c1cccnc1N. The molecule has 0 saturated heterocycles. The molecule has 2 aromatic heterocycles. The minimum absolute atomic E-state index is 0.544. The van der Waals surface area contributed by atoms with Crippen LogP contribution in [0.2, 0.25) is 0 Å². The fourth-order valence-corrected chi connectivity index (χ4v) is 1.43. The molecule has 0 saturated carbocycles. The lowest BCUT2D eigenvalue weighted by molar-refractivity contribution is 0.768. The molecule has 0 aliphatic rings. The summed E-state index contributed by atoms with van der Waals surface area (Å²) in [7, 11) is 0. The van der Waals surface area contributed by atoms with Crippen LogP contribution >= 0.6 is 0 Å². The highest BCUT2D eigenvalue weighted by atomic mass is 15.0. The lowest BCUT2D eigenvalue weighted by Crippen LogP contribution is -1.99. The number of pyridine rings is 1. The van der Waals surface area contributed by atoms with Gasteiger partial charge < -0.3 is 10.3 Å². The fourth-order valence-electron chi connectivity index (χ4n) is 1.43. The first-order valence-electron chi connectivity index (χ1n) is 4.54. The number of rotatable bonds is 2. The number of anilines is 1. The summed E-state index contributed by atoms with van der Waals surface area (Å²) in [6, 6.07) is 3.82. The first kappa shape index (κ1) is 8.74. The van der Waals surface area contributed by atoms with Crippen molar-refractivity contribution in [1.29, 1.82) is 0 Å². The molecular weight excluding hydrogens is 176 g/mol. The van der Waals surface area contributed by atoms with E-state index in [1.54, 1.807) is 18.7 Å². The molecule has 2 heterocycles. The van der Waals surface area contributed by atoms with Crippen LogP contribution in [-0.4, -0.2) is 14.5 Å². The van der Waals surface area contributed by atoms with E-state index in [0.717, 1.165) is 17.8 Å². The third kappa shape index (κ3) is 1.35. The molecule has 2 rings (SSSR count). The van der Waals surface area contributed by atoms with Gasteiger partial charge in [-0.2, -0.15) is 0 Å². The molecular formula is C10H12N4. The van der Waals surface area contributed by atoms with E-state index in [-0.39, 0.29) is 0 Å². The highest BCUT2D eigenvalue weighted by molar-refractivity contribution is 5.70. The Balaban J connectivity index is 2.54. The molecule has 0 bridgehead atoms. The minimum Gasteiger partial charge on any atom is -0.383 e. The van der Waals surface area contributed by atoms with Crippen molar-refractivity contribution < 1.29 is 0 Å². The van der Waals surface area contributed by atoms with E-state index in [0.29, 0.717) is 5.82 Å². The number of aromatic nitrogens is 3. The van der Waals surface area contributed by atoms with E-state index in [1.807, 2.05) is 16.7 Å². The maximum Gasteiger partial charge on any atom is 0.132 e. The molecule has 0 radical (unpaired) electrons. The Labute approximate surface area is 82.4 Å². The summed E-state index contributed by atoms with van der Waals surface area (Å²) in [5.41, 5.74) is 7.73. The van der Waals surface area contributed by atoms with Gasteiger partial charge in [0.15, 0.2) is 0 Å². The molecule has 14 heavy (non-hydrogen) atoms. The van der Waals surface area contributed by atoms with E-state index in [9.17, 15) is 0 Å². The third-order valence-electron chi connectivity index (χ3n) is 2.17. The summed E-state index contributed by atoms with van der Waals surface area (Å²) in [6.07, 6.45) is 5.28. The highest BCUT2D eigenvalue weighted by Crippen LogP contribution is 2.22. The molecule has 0 amide bonds. The minimum atomic E-state index is 0.544. The van der Waals surface area contributed by atoms with Gasteiger partial charge in [0.2, 0.25) is 0 Å². The van der Waals surface area contributed by atoms with Crippen LogP contribution in [0.3, 0.4) is 0 Å². The average molecular weight is 188 g/mol. The van der Waals surface area contributed by atoms with Crippen molar-refractivity contribution in [2.24, 2.45) is 0 Å². The molecule has 4 nitrogen and oxygen atoms in total. The molecule has 0 aromatic carbocycles. The van der Waals surface area contributed by atoms with E-state index in [1.165, 1.54) is 0 Å². The largest absolute Gasteiger partial charge is 0.383 e. The Kier molecular flexibility index (Phi) is 2.18. The second kappa shape index (κ2) is 3.49. The smallest absolute Gasteiger partial charge is 0.132 e. The molecule has 72 valence electrons. The number of nitrogens with zero attached hydrogens (tertiary/aromatic N) is 3. The number of hydrogen-bond acceptors (Lipinski definition) is 3. The summed E-state index contributed by atoms with van der Waals surface area (Å²) < 4.78 is 2.04. The van der Waals surface area contributed by atoms with Gasteiger partial charge in [0.25, 0.3) is 0 Å². The summed E-state index contributed by atoms with van der Waals surface area (Å²) in [5.74, 6) is 0.544. The Morgan fingerprint density at radius 2 is 2.36 bits per heavy atom. The topological polar surface area (TPSA) is 56.7 Å². The van der Waals surface area contributed by atoms with Crippen molar-refractivity contribution in [3.63, 3.8) is 0 Å². The monoisotopic (exact) mass is 188 g/mol. The molecule has 2 aromatic rings. The lowest BCUT2D eigenvalue weighted by Gasteiger charge is -2.06. The Morgan fingerprint density at radius 3 is 3.07 bits per heavy atom. The van der Waals surface area contributed by atoms with Gasteiger partial charge in [-0.15, -0.1) is 0 Å². The van der Waals surface area contributed by atoms with Crippen LogP contribution in [0.25, 0.3) is 11.3 Å². The van der Waals surface area contributed by atoms with Crippen LogP contribution < -0.4 is 5.73 Å². The number of nitrogen functional groups attached to an aromatic ring is 1. The second-order valence-corrected chi connectivity index (χ2v) is 3.00. The van der Waals surface area contributed by atoms with Crippen molar-refractivity contribution >= 4 is 5.82 Å². The standard InChI is InChI=1S/C10H12N4/c1-2-14-7-12-6-9(14)8-4-3-5-13-10(8)11/h3-7H,2H2,1H3,(H2,11,13). The first-order chi connectivity index (χ1) is 6.83. The van der Waals surface area contributed by atoms with E-state index >= 15 is 0 Å². The van der Waals surface area contributed by atoms with Crippen LogP contribution in [0, 0.1) is 0 Å². The van der Waals surface area contributed by atoms with E-state index < -0.39 is 0 Å². The van der Waals surface area contributed by atoms with Crippen molar-refractivity contribution in [2.75, 3.05) is 5.73 Å². The summed E-state index contributed by atoms with van der Waals surface area (Å²) >= 11 is 0. The van der Waals surface area contributed by atoms with Crippen LogP contribution in [0.15, 0.2) is 30.9 Å². The molecule has 0 unspecified atom stereocenters. The fraction of sp³-hybridized carbons (Fsp3) is 0.200. The van der Waals surface area contributed by atoms with Crippen LogP contribution in [0.4, 0.5) is 5.82 Å². The lowest BCUT2D eigenvalue weighted by atomic mass is 10.2. The number of aryl methyl sites for hydroxylation is 1. The van der Waals surface area contributed by atoms with Gasteiger partial charge in [-0.25, -0.2) is 9.97 Å². The molecule has 4 heteroatoms. The van der Waals surface area contributed by atoms with Crippen molar-refractivity contribution in [3.8, 4) is 11.3 Å². The first-order valence-corrected chi connectivity index (χ1v) is 4.54. The Hall–Kier alpha value is -1.84. The molecule has 0 aliphatic heterocycles. The second-order valence-electron chi connectivity index (χ2n) is 3.00. The molecule has 0 atom stereocenters. The zero-order chi connectivity index (χ0) is 9.97. The van der Waals surface area contributed by atoms with Gasteiger partial charge in [0.1, 0.15) is 5.82 Å². The quantitative estimate of drug-likeness (QED) is 0.777. The van der Waals surface area contributed by atoms with Gasteiger partial charge in [-0.3, -0.25) is 0 Å². The summed E-state index contributed by atoms with van der Waals surface area (Å²) in [5, 5.41) is 0. The number of nitrogens with two attached hydrogens (primary N) is 1. The predicted molar refractivity (Wildman–Crippen MR) is 55.5 cm³/mol. The van der Waals surface area contributed by atoms with Crippen molar-refractivity contribution in [1.82, 2.24) is 14.5 Å². The maximum atomic E-state index is 5.78. The molecule has 0 spiro atoms. The van der Waals surface area contributed by atoms with Gasteiger partial charge in [0.05, 0.1) is 18.2 Å². The number of hydrogen-bond donors (Lipinski definition) is 1. The van der Waals surface area contributed by atoms with Gasteiger partial charge in [-0.1, -0.05) is 0 Å². The Bertz CT molecular complexity index is 433. The van der Waals surface area contributed by atoms with Crippen LogP contribution in [-0.2, 0) is 6.54 Å². The van der Waals surface area contributed by atoms with Crippen LogP contribution in [0.5, 0.6) is 0 Å². The predicted octanol–water partition coefficient (Wildman–Crippen LogP) is 1.55. The van der Waals surface area contributed by atoms with Crippen LogP contribution in [0.1, 0.15) is 6.92 Å². The Morgan fingerprint density at radius 1 is 1.50 bits per heavy atom.